The summed E-state index contributed by atoms with van der Waals surface area (Å²) < 4.78 is 0. The molecular weight excluding hydrogens is 401 g/mol. The first-order chi connectivity index (χ1) is 13.0. The predicted octanol–water partition coefficient (Wildman–Crippen LogP) is 6.30. The van der Waals surface area contributed by atoms with Gasteiger partial charge >= 0.3 is 0 Å². The second-order valence-electron chi connectivity index (χ2n) is 5.61. The molecule has 1 heterocycles. The number of thiazole rings is 1. The lowest BCUT2D eigenvalue weighted by molar-refractivity contribution is 0.101. The SMILES string of the molecule is CC(=O)c1ccc(N/C=C(\C#N)c2nc(-c3ccc(Cl)cc3Cl)cs2)cc1. The van der Waals surface area contributed by atoms with E-state index in [1.54, 1.807) is 48.7 Å². The lowest BCUT2D eigenvalue weighted by atomic mass is 10.1. The number of benzene rings is 2. The van der Waals surface area contributed by atoms with Crippen LogP contribution in [-0.4, -0.2) is 10.8 Å². The number of nitrogens with zero attached hydrogens (tertiary/aromatic N) is 2. The summed E-state index contributed by atoms with van der Waals surface area (Å²) >= 11 is 13.5. The molecule has 1 aromatic heterocycles. The highest BCUT2D eigenvalue weighted by Gasteiger charge is 2.11. The van der Waals surface area contributed by atoms with Gasteiger partial charge in [-0.1, -0.05) is 23.2 Å². The third-order valence-electron chi connectivity index (χ3n) is 3.74. The van der Waals surface area contributed by atoms with Gasteiger partial charge in [0.2, 0.25) is 0 Å². The first kappa shape index (κ1) is 19.1. The van der Waals surface area contributed by atoms with Crippen molar-refractivity contribution in [2.24, 2.45) is 0 Å². The van der Waals surface area contributed by atoms with Crippen LogP contribution >= 0.6 is 34.5 Å². The maximum atomic E-state index is 11.3. The Morgan fingerprint density at radius 2 is 1.96 bits per heavy atom. The van der Waals surface area contributed by atoms with E-state index in [2.05, 4.69) is 16.4 Å². The zero-order valence-corrected chi connectivity index (χ0v) is 16.5. The van der Waals surface area contributed by atoms with Gasteiger partial charge in [0.25, 0.3) is 0 Å². The number of Topliss-reactive ketones (excluding diaryl/α,β-unsaturated/α-hetero) is 1. The van der Waals surface area contributed by atoms with E-state index >= 15 is 0 Å². The third-order valence-corrected chi connectivity index (χ3v) is 5.16. The Kier molecular flexibility index (Phi) is 5.92. The summed E-state index contributed by atoms with van der Waals surface area (Å²) in [7, 11) is 0. The number of carbonyl (C=O) groups is 1. The number of nitriles is 1. The van der Waals surface area contributed by atoms with Gasteiger partial charge in [-0.3, -0.25) is 4.79 Å². The number of rotatable bonds is 5. The number of allylic oxidation sites excluding steroid dienone is 1. The van der Waals surface area contributed by atoms with Crippen molar-refractivity contribution >= 4 is 51.6 Å². The normalized spacial score (nSPS) is 11.1. The largest absolute Gasteiger partial charge is 0.360 e. The Hall–Kier alpha value is -2.65. The highest BCUT2D eigenvalue weighted by atomic mass is 35.5. The Morgan fingerprint density at radius 1 is 1.22 bits per heavy atom. The number of nitrogens with one attached hydrogen (secondary N) is 1. The summed E-state index contributed by atoms with van der Waals surface area (Å²) in [6, 6.07) is 14.4. The number of carbonyl (C=O) groups excluding carboxylic acids is 1. The second kappa shape index (κ2) is 8.36. The molecule has 0 aliphatic heterocycles. The summed E-state index contributed by atoms with van der Waals surface area (Å²) in [5.41, 5.74) is 3.24. The molecule has 2 aromatic carbocycles. The van der Waals surface area contributed by atoms with Gasteiger partial charge in [0.15, 0.2) is 5.78 Å². The fourth-order valence-corrected chi connectivity index (χ4v) is 3.61. The zero-order valence-electron chi connectivity index (χ0n) is 14.2. The van der Waals surface area contributed by atoms with Gasteiger partial charge in [0, 0.05) is 33.4 Å². The summed E-state index contributed by atoms with van der Waals surface area (Å²) in [5, 5.41) is 16.0. The lowest BCUT2D eigenvalue weighted by Crippen LogP contribution is -1.94. The molecule has 3 rings (SSSR count). The van der Waals surface area contributed by atoms with Crippen molar-refractivity contribution in [3.63, 3.8) is 0 Å². The molecule has 0 fully saturated rings. The summed E-state index contributed by atoms with van der Waals surface area (Å²) in [6.07, 6.45) is 1.59. The van der Waals surface area contributed by atoms with Gasteiger partial charge in [-0.05, 0) is 49.4 Å². The minimum Gasteiger partial charge on any atom is -0.360 e. The molecule has 0 atom stereocenters. The van der Waals surface area contributed by atoms with E-state index in [-0.39, 0.29) is 5.78 Å². The van der Waals surface area contributed by atoms with Gasteiger partial charge in [-0.25, -0.2) is 4.98 Å². The molecule has 3 aromatic rings. The molecule has 0 spiro atoms. The fraction of sp³-hybridized carbons (Fsp3) is 0.0500. The lowest BCUT2D eigenvalue weighted by Gasteiger charge is -2.03. The predicted molar refractivity (Wildman–Crippen MR) is 111 cm³/mol. The molecule has 0 saturated carbocycles. The quantitative estimate of drug-likeness (QED) is 0.393. The van der Waals surface area contributed by atoms with Crippen LogP contribution in [0.15, 0.2) is 54.0 Å². The molecule has 1 N–H and O–H groups in total. The molecule has 4 nitrogen and oxygen atoms in total. The van der Waals surface area contributed by atoms with Crippen LogP contribution in [0.4, 0.5) is 5.69 Å². The minimum atomic E-state index is 0.00554. The Morgan fingerprint density at radius 3 is 2.59 bits per heavy atom. The van der Waals surface area contributed by atoms with Crippen molar-refractivity contribution in [3.05, 3.63) is 74.7 Å². The van der Waals surface area contributed by atoms with Crippen LogP contribution in [0.2, 0.25) is 10.0 Å². The van der Waals surface area contributed by atoms with E-state index in [9.17, 15) is 10.1 Å². The minimum absolute atomic E-state index is 0.00554. The molecule has 0 amide bonds. The molecule has 134 valence electrons. The van der Waals surface area contributed by atoms with Gasteiger partial charge in [0.05, 0.1) is 10.7 Å². The first-order valence-corrected chi connectivity index (χ1v) is 9.50. The van der Waals surface area contributed by atoms with Gasteiger partial charge in [0.1, 0.15) is 16.6 Å². The van der Waals surface area contributed by atoms with Crippen LogP contribution in [0, 0.1) is 11.3 Å². The molecule has 0 unspecified atom stereocenters. The van der Waals surface area contributed by atoms with Crippen LogP contribution in [0.3, 0.4) is 0 Å². The maximum absolute atomic E-state index is 11.3. The monoisotopic (exact) mass is 413 g/mol. The van der Waals surface area contributed by atoms with Crippen molar-refractivity contribution in [1.82, 2.24) is 4.98 Å². The van der Waals surface area contributed by atoms with E-state index in [1.807, 2.05) is 5.38 Å². The summed E-state index contributed by atoms with van der Waals surface area (Å²) in [6.45, 7) is 1.52. The highest BCUT2D eigenvalue weighted by molar-refractivity contribution is 7.11. The molecule has 0 radical (unpaired) electrons. The number of hydrogen-bond donors (Lipinski definition) is 1. The van der Waals surface area contributed by atoms with E-state index in [0.29, 0.717) is 31.9 Å². The Labute approximate surface area is 170 Å². The van der Waals surface area contributed by atoms with Crippen LogP contribution in [0.5, 0.6) is 0 Å². The molecule has 0 aliphatic rings. The van der Waals surface area contributed by atoms with Crippen LogP contribution in [0.1, 0.15) is 22.3 Å². The number of aromatic nitrogens is 1. The Bertz CT molecular complexity index is 1070. The smallest absolute Gasteiger partial charge is 0.159 e. The standard InChI is InChI=1S/C20H13Cl2N3OS/c1-12(26)13-2-5-16(6-3-13)24-10-14(9-23)20-25-19(11-27-20)17-7-4-15(21)8-18(17)22/h2-8,10-11,24H,1H3/b14-10+. The molecule has 0 bridgehead atoms. The van der Waals surface area contributed by atoms with E-state index < -0.39 is 0 Å². The summed E-state index contributed by atoms with van der Waals surface area (Å²) in [4.78, 5) is 15.8. The number of hydrogen-bond acceptors (Lipinski definition) is 5. The van der Waals surface area contributed by atoms with Crippen molar-refractivity contribution < 1.29 is 4.79 Å². The van der Waals surface area contributed by atoms with Gasteiger partial charge in [-0.2, -0.15) is 5.26 Å². The first-order valence-electron chi connectivity index (χ1n) is 7.87. The third kappa shape index (κ3) is 4.55. The van der Waals surface area contributed by atoms with E-state index in [4.69, 9.17) is 23.2 Å². The van der Waals surface area contributed by atoms with Crippen molar-refractivity contribution in [1.29, 1.82) is 5.26 Å². The molecular formula is C20H13Cl2N3OS. The maximum Gasteiger partial charge on any atom is 0.159 e. The highest BCUT2D eigenvalue weighted by Crippen LogP contribution is 2.32. The van der Waals surface area contributed by atoms with Crippen molar-refractivity contribution in [3.8, 4) is 17.3 Å². The molecule has 0 aliphatic carbocycles. The van der Waals surface area contributed by atoms with Crippen LogP contribution in [-0.2, 0) is 0 Å². The average Bonchev–Trinajstić information content (AvgIpc) is 3.12. The number of ketones is 1. The fourth-order valence-electron chi connectivity index (χ4n) is 2.32. The van der Waals surface area contributed by atoms with Crippen molar-refractivity contribution in [2.75, 3.05) is 5.32 Å². The van der Waals surface area contributed by atoms with Crippen LogP contribution in [0.25, 0.3) is 16.8 Å². The van der Waals surface area contributed by atoms with Gasteiger partial charge in [-0.15, -0.1) is 11.3 Å². The van der Waals surface area contributed by atoms with E-state index in [1.165, 1.54) is 18.3 Å². The number of halogens is 2. The zero-order chi connectivity index (χ0) is 19.4. The van der Waals surface area contributed by atoms with Crippen molar-refractivity contribution in [2.45, 2.75) is 6.92 Å². The summed E-state index contributed by atoms with van der Waals surface area (Å²) in [5.74, 6) is 0.00554. The molecule has 7 heteroatoms. The van der Waals surface area contributed by atoms with Gasteiger partial charge < -0.3 is 5.32 Å². The topological polar surface area (TPSA) is 65.8 Å². The Balaban J connectivity index is 1.81. The second-order valence-corrected chi connectivity index (χ2v) is 7.31. The van der Waals surface area contributed by atoms with Crippen LogP contribution < -0.4 is 5.32 Å². The molecule has 0 saturated heterocycles. The number of anilines is 1. The average molecular weight is 414 g/mol. The molecule has 27 heavy (non-hydrogen) atoms. The van der Waals surface area contributed by atoms with E-state index in [0.717, 1.165) is 11.3 Å².